The number of likely N-dealkylation sites (N-methyl/N-ethyl adjacent to an activating group) is 1. The molecular weight excluding hydrogens is 710 g/mol. The van der Waals surface area contributed by atoms with Crippen molar-refractivity contribution in [1.82, 2.24) is 4.90 Å². The Balaban J connectivity index is 1.31. The van der Waals surface area contributed by atoms with Gasteiger partial charge >= 0.3 is 17.9 Å². The number of hydrogen-bond acceptors (Lipinski definition) is 12. The van der Waals surface area contributed by atoms with Gasteiger partial charge in [-0.3, -0.25) is 9.69 Å². The number of fused-ring (bicyclic) bond motifs is 2. The molecule has 6 rings (SSSR count). The second-order valence-corrected chi connectivity index (χ2v) is 13.3. The largest absolute Gasteiger partial charge is 0.497 e. The molecule has 0 saturated carbocycles. The summed E-state index contributed by atoms with van der Waals surface area (Å²) in [5.41, 5.74) is 1.17. The fourth-order valence-corrected chi connectivity index (χ4v) is 7.49. The lowest BCUT2D eigenvalue weighted by molar-refractivity contribution is -0.160. The van der Waals surface area contributed by atoms with E-state index < -0.39 is 48.4 Å². The number of piperidine rings is 1. The van der Waals surface area contributed by atoms with Crippen molar-refractivity contribution in [1.29, 1.82) is 0 Å². The highest BCUT2D eigenvalue weighted by Crippen LogP contribution is 2.48. The van der Waals surface area contributed by atoms with E-state index in [1.807, 2.05) is 79.8 Å². The molecule has 2 aliphatic rings. The van der Waals surface area contributed by atoms with Crippen LogP contribution in [0.1, 0.15) is 36.5 Å². The van der Waals surface area contributed by atoms with Crippen LogP contribution >= 0.6 is 0 Å². The normalized spacial score (nSPS) is 20.6. The topological polar surface area (TPSA) is 149 Å². The fraction of sp³-hybridized carbons (Fsp3) is 0.357. The highest BCUT2D eigenvalue weighted by molar-refractivity contribution is 5.71. The van der Waals surface area contributed by atoms with Gasteiger partial charge in [-0.25, -0.2) is 9.59 Å². The summed E-state index contributed by atoms with van der Waals surface area (Å²) >= 11 is 0. The lowest BCUT2D eigenvalue weighted by Gasteiger charge is -2.41. The molecule has 4 aromatic carbocycles. The molecular formula is C42H45NO12. The van der Waals surface area contributed by atoms with Gasteiger partial charge in [0.2, 0.25) is 0 Å². The number of esters is 2. The molecule has 13 nitrogen and oxygen atoms in total. The number of methoxy groups -OCH3 is 3. The molecule has 2 fully saturated rings. The van der Waals surface area contributed by atoms with E-state index in [4.69, 9.17) is 43.0 Å². The Morgan fingerprint density at radius 2 is 1.02 bits per heavy atom. The molecule has 2 bridgehead atoms. The Morgan fingerprint density at radius 1 is 0.618 bits per heavy atom. The van der Waals surface area contributed by atoms with Gasteiger partial charge in [0.15, 0.2) is 13.2 Å². The van der Waals surface area contributed by atoms with Crippen molar-refractivity contribution in [2.24, 2.45) is 0 Å². The standard InChI is InChI=1S/C42H45NO12/c1-26(44)53-40-36-22-35(54-39(47)25-52-34-20-18-33(19-21-34)51-24-38(45)46)23-37(43(36)2)41(40)55-42(27-6-12-30(48-3)13-7-27,28-8-14-31(49-4)15-9-28)29-10-16-32(50-5)17-11-29/h6-21,35-37,40-41H,22-25H2,1-5H3,(H,45,46)/t35?,36-,37+,40-,41+/m0/s1. The number of hydrogen-bond donors (Lipinski definition) is 1. The van der Waals surface area contributed by atoms with Crippen molar-refractivity contribution >= 4 is 17.9 Å². The molecule has 0 aliphatic carbocycles. The Kier molecular flexibility index (Phi) is 12.1. The van der Waals surface area contributed by atoms with E-state index >= 15 is 0 Å². The summed E-state index contributed by atoms with van der Waals surface area (Å²) in [6.45, 7) is 0.559. The Bertz CT molecular complexity index is 1800. The van der Waals surface area contributed by atoms with Gasteiger partial charge in [-0.05, 0) is 84.4 Å². The second-order valence-electron chi connectivity index (χ2n) is 13.3. The van der Waals surface area contributed by atoms with Crippen LogP contribution in [0.15, 0.2) is 97.1 Å². The molecule has 13 heteroatoms. The van der Waals surface area contributed by atoms with E-state index in [0.29, 0.717) is 41.6 Å². The van der Waals surface area contributed by atoms with E-state index in [1.165, 1.54) is 6.92 Å². The average molecular weight is 756 g/mol. The first kappa shape index (κ1) is 38.9. The predicted molar refractivity (Wildman–Crippen MR) is 199 cm³/mol. The molecule has 2 aliphatic heterocycles. The van der Waals surface area contributed by atoms with Crippen molar-refractivity contribution in [3.05, 3.63) is 114 Å². The molecule has 0 aromatic heterocycles. The molecule has 5 atom stereocenters. The number of carbonyl (C=O) groups is 3. The lowest BCUT2D eigenvalue weighted by Crippen LogP contribution is -2.47. The highest BCUT2D eigenvalue weighted by Gasteiger charge is 2.57. The third-order valence-electron chi connectivity index (χ3n) is 10.1. The molecule has 0 radical (unpaired) electrons. The molecule has 1 N–H and O–H groups in total. The van der Waals surface area contributed by atoms with Crippen LogP contribution in [0.2, 0.25) is 0 Å². The average Bonchev–Trinajstić information content (AvgIpc) is 3.32. The SMILES string of the molecule is COc1ccc(C(O[C@H]2[C@@H](OC(C)=O)[C@@H]3CC(OC(=O)COc4ccc(OCC(=O)O)cc4)C[C@H]2N3C)(c2ccc(OC)cc2)c2ccc(OC)cc2)cc1. The zero-order chi connectivity index (χ0) is 39.1. The van der Waals surface area contributed by atoms with E-state index in [-0.39, 0.29) is 18.7 Å². The number of ether oxygens (including phenoxy) is 8. The van der Waals surface area contributed by atoms with Crippen LogP contribution in [0.25, 0.3) is 0 Å². The zero-order valence-corrected chi connectivity index (χ0v) is 31.3. The maximum Gasteiger partial charge on any atom is 0.344 e. The highest BCUT2D eigenvalue weighted by atomic mass is 16.6. The lowest BCUT2D eigenvalue weighted by atomic mass is 9.79. The Morgan fingerprint density at radius 3 is 1.42 bits per heavy atom. The van der Waals surface area contributed by atoms with Crippen molar-refractivity contribution in [2.45, 2.75) is 55.8 Å². The van der Waals surface area contributed by atoms with E-state index in [0.717, 1.165) is 16.7 Å². The van der Waals surface area contributed by atoms with Gasteiger partial charge in [0, 0.05) is 25.8 Å². The molecule has 0 spiro atoms. The van der Waals surface area contributed by atoms with Crippen molar-refractivity contribution in [2.75, 3.05) is 41.6 Å². The van der Waals surface area contributed by atoms with Crippen LogP contribution in [0.3, 0.4) is 0 Å². The smallest absolute Gasteiger partial charge is 0.344 e. The molecule has 55 heavy (non-hydrogen) atoms. The molecule has 290 valence electrons. The minimum Gasteiger partial charge on any atom is -0.497 e. The van der Waals surface area contributed by atoms with Crippen LogP contribution in [0, 0.1) is 0 Å². The summed E-state index contributed by atoms with van der Waals surface area (Å²) in [5, 5.41) is 8.82. The summed E-state index contributed by atoms with van der Waals surface area (Å²) in [4.78, 5) is 38.8. The van der Waals surface area contributed by atoms with Crippen LogP contribution in [0.5, 0.6) is 28.7 Å². The number of rotatable bonds is 16. The summed E-state index contributed by atoms with van der Waals surface area (Å²) in [6, 6.07) is 28.6. The summed E-state index contributed by atoms with van der Waals surface area (Å²) < 4.78 is 46.9. The van der Waals surface area contributed by atoms with Crippen molar-refractivity contribution in [3.63, 3.8) is 0 Å². The van der Waals surface area contributed by atoms with Gasteiger partial charge in [-0.15, -0.1) is 0 Å². The quantitative estimate of drug-likeness (QED) is 0.117. The molecule has 2 heterocycles. The van der Waals surface area contributed by atoms with Gasteiger partial charge in [0.25, 0.3) is 0 Å². The van der Waals surface area contributed by atoms with Crippen molar-refractivity contribution in [3.8, 4) is 28.7 Å². The molecule has 0 amide bonds. The monoisotopic (exact) mass is 755 g/mol. The van der Waals surface area contributed by atoms with Crippen LogP contribution in [0.4, 0.5) is 0 Å². The van der Waals surface area contributed by atoms with Crippen molar-refractivity contribution < 1.29 is 57.4 Å². The van der Waals surface area contributed by atoms with Gasteiger partial charge in [-0.1, -0.05) is 36.4 Å². The molecule has 1 unspecified atom stereocenters. The maximum absolute atomic E-state index is 13.1. The first-order valence-corrected chi connectivity index (χ1v) is 17.8. The van der Waals surface area contributed by atoms with Gasteiger partial charge in [-0.2, -0.15) is 0 Å². The van der Waals surface area contributed by atoms with E-state index in [1.54, 1.807) is 45.6 Å². The Hall–Kier alpha value is -5.79. The van der Waals surface area contributed by atoms with Gasteiger partial charge < -0.3 is 43.0 Å². The summed E-state index contributed by atoms with van der Waals surface area (Å²) in [5.74, 6) is 0.654. The van der Waals surface area contributed by atoms with Crippen LogP contribution < -0.4 is 23.7 Å². The van der Waals surface area contributed by atoms with Crippen LogP contribution in [-0.4, -0.2) is 99.9 Å². The maximum atomic E-state index is 13.1. The fourth-order valence-electron chi connectivity index (χ4n) is 7.49. The van der Waals surface area contributed by atoms with E-state index in [9.17, 15) is 14.4 Å². The summed E-state index contributed by atoms with van der Waals surface area (Å²) in [6.07, 6.45) is -1.10. The number of carbonyl (C=O) groups excluding carboxylic acids is 2. The summed E-state index contributed by atoms with van der Waals surface area (Å²) in [7, 11) is 6.80. The number of benzene rings is 4. The van der Waals surface area contributed by atoms with Gasteiger partial charge in [0.1, 0.15) is 52.7 Å². The third-order valence-corrected chi connectivity index (χ3v) is 10.1. The minimum atomic E-state index is -1.24. The zero-order valence-electron chi connectivity index (χ0n) is 31.3. The van der Waals surface area contributed by atoms with E-state index in [2.05, 4.69) is 4.90 Å². The molecule has 4 aromatic rings. The predicted octanol–water partition coefficient (Wildman–Crippen LogP) is 5.25. The number of nitrogens with zero attached hydrogens (tertiary/aromatic N) is 1. The second kappa shape index (κ2) is 17.1. The Labute approximate surface area is 319 Å². The minimum absolute atomic E-state index is 0.325. The first-order chi connectivity index (χ1) is 26.5. The van der Waals surface area contributed by atoms with Crippen LogP contribution in [-0.2, 0) is 34.2 Å². The molecule has 2 saturated heterocycles. The third kappa shape index (κ3) is 8.63. The number of carboxylic acid groups (broad SMARTS) is 1. The van der Waals surface area contributed by atoms with Gasteiger partial charge in [0.05, 0.1) is 27.4 Å². The number of aliphatic carboxylic acids is 1. The first-order valence-electron chi connectivity index (χ1n) is 17.8. The number of carboxylic acids is 1.